The van der Waals surface area contributed by atoms with E-state index in [0.29, 0.717) is 13.1 Å². The molecule has 0 saturated heterocycles. The molecule has 0 aliphatic heterocycles. The highest BCUT2D eigenvalue weighted by atomic mass is 127. The van der Waals surface area contributed by atoms with Gasteiger partial charge < -0.3 is 15.5 Å². The Kier molecular flexibility index (Phi) is 10.2. The van der Waals surface area contributed by atoms with Crippen molar-refractivity contribution in [2.45, 2.75) is 40.4 Å². The molecule has 32 heavy (non-hydrogen) atoms. The van der Waals surface area contributed by atoms with Crippen LogP contribution < -0.4 is 10.6 Å². The van der Waals surface area contributed by atoms with Gasteiger partial charge in [0.15, 0.2) is 5.96 Å². The number of nitrogens with one attached hydrogen (secondary N) is 2. The number of aryl methyl sites for hydroxylation is 2. The van der Waals surface area contributed by atoms with E-state index in [-0.39, 0.29) is 24.0 Å². The van der Waals surface area contributed by atoms with Gasteiger partial charge in [0.25, 0.3) is 0 Å². The van der Waals surface area contributed by atoms with Crippen molar-refractivity contribution in [3.63, 3.8) is 0 Å². The molecule has 2 aromatic carbocycles. The normalized spacial score (nSPS) is 11.4. The molecular weight excluding hydrogens is 511 g/mol. The third kappa shape index (κ3) is 7.34. The standard InChI is InChI=1S/C25H34N6.HI/c1-6-26-25(27-16-21-11-13-22(14-12-21)18-30(4)5)28-17-23-9-7-8-10-24(23)31-20(3)15-19(2)29-31;/h7-15H,6,16-18H2,1-5H3,(H2,26,27,28);1H. The number of benzene rings is 2. The number of aromatic nitrogens is 2. The van der Waals surface area contributed by atoms with E-state index < -0.39 is 0 Å². The fourth-order valence-corrected chi connectivity index (χ4v) is 3.55. The van der Waals surface area contributed by atoms with Gasteiger partial charge in [0.1, 0.15) is 0 Å². The molecule has 1 aromatic heterocycles. The molecule has 7 heteroatoms. The number of guanidine groups is 1. The summed E-state index contributed by atoms with van der Waals surface area (Å²) in [6.07, 6.45) is 0. The van der Waals surface area contributed by atoms with E-state index in [1.165, 1.54) is 16.7 Å². The van der Waals surface area contributed by atoms with Gasteiger partial charge in [-0.1, -0.05) is 42.5 Å². The molecule has 0 saturated carbocycles. The van der Waals surface area contributed by atoms with Crippen LogP contribution in [0.4, 0.5) is 0 Å². The van der Waals surface area contributed by atoms with Crippen LogP contribution >= 0.6 is 24.0 Å². The molecule has 0 radical (unpaired) electrons. The smallest absolute Gasteiger partial charge is 0.191 e. The lowest BCUT2D eigenvalue weighted by atomic mass is 10.1. The second-order valence-corrected chi connectivity index (χ2v) is 8.07. The zero-order chi connectivity index (χ0) is 22.2. The molecule has 0 atom stereocenters. The van der Waals surface area contributed by atoms with Crippen LogP contribution in [-0.4, -0.2) is 41.3 Å². The van der Waals surface area contributed by atoms with Crippen LogP contribution in [0, 0.1) is 13.8 Å². The highest BCUT2D eigenvalue weighted by Crippen LogP contribution is 2.17. The summed E-state index contributed by atoms with van der Waals surface area (Å²) in [6.45, 7) is 9.25. The zero-order valence-electron chi connectivity index (χ0n) is 19.7. The molecule has 0 unspecified atom stereocenters. The maximum absolute atomic E-state index is 4.78. The Balaban J connectivity index is 0.00000363. The number of nitrogens with zero attached hydrogens (tertiary/aromatic N) is 4. The van der Waals surface area contributed by atoms with Crippen molar-refractivity contribution in [2.75, 3.05) is 20.6 Å². The number of hydrogen-bond donors (Lipinski definition) is 2. The average molecular weight is 547 g/mol. The van der Waals surface area contributed by atoms with Crippen molar-refractivity contribution in [1.29, 1.82) is 0 Å². The predicted octanol–water partition coefficient (Wildman–Crippen LogP) is 4.42. The minimum absolute atomic E-state index is 0. The van der Waals surface area contributed by atoms with E-state index in [1.807, 2.05) is 11.6 Å². The first kappa shape index (κ1) is 25.9. The van der Waals surface area contributed by atoms with Crippen LogP contribution in [0.2, 0.25) is 0 Å². The summed E-state index contributed by atoms with van der Waals surface area (Å²) < 4.78 is 2.01. The van der Waals surface area contributed by atoms with Gasteiger partial charge in [0.2, 0.25) is 0 Å². The summed E-state index contributed by atoms with van der Waals surface area (Å²) in [5.41, 5.74) is 6.92. The van der Waals surface area contributed by atoms with Crippen molar-refractivity contribution >= 4 is 29.9 Å². The molecule has 3 aromatic rings. The molecule has 172 valence electrons. The van der Waals surface area contributed by atoms with Crippen molar-refractivity contribution < 1.29 is 0 Å². The van der Waals surface area contributed by atoms with E-state index in [9.17, 15) is 0 Å². The maximum atomic E-state index is 4.78. The van der Waals surface area contributed by atoms with Gasteiger partial charge >= 0.3 is 0 Å². The van der Waals surface area contributed by atoms with E-state index in [2.05, 4.69) is 103 Å². The van der Waals surface area contributed by atoms with Crippen LogP contribution in [0.5, 0.6) is 0 Å². The van der Waals surface area contributed by atoms with Crippen molar-refractivity contribution in [2.24, 2.45) is 4.99 Å². The largest absolute Gasteiger partial charge is 0.357 e. The third-order valence-electron chi connectivity index (χ3n) is 4.96. The molecular formula is C25H35IN6. The molecule has 0 bridgehead atoms. The number of rotatable bonds is 8. The molecule has 1 heterocycles. The molecule has 2 N–H and O–H groups in total. The summed E-state index contributed by atoms with van der Waals surface area (Å²) in [7, 11) is 4.17. The van der Waals surface area contributed by atoms with Gasteiger partial charge in [-0.2, -0.15) is 5.10 Å². The summed E-state index contributed by atoms with van der Waals surface area (Å²) in [4.78, 5) is 6.95. The molecule has 0 aliphatic carbocycles. The Morgan fingerprint density at radius 1 is 1.00 bits per heavy atom. The summed E-state index contributed by atoms with van der Waals surface area (Å²) in [6, 6.07) is 19.1. The van der Waals surface area contributed by atoms with E-state index in [4.69, 9.17) is 4.99 Å². The Hall–Kier alpha value is -2.39. The fourth-order valence-electron chi connectivity index (χ4n) is 3.55. The van der Waals surface area contributed by atoms with E-state index in [0.717, 1.165) is 36.1 Å². The van der Waals surface area contributed by atoms with E-state index >= 15 is 0 Å². The van der Waals surface area contributed by atoms with Crippen molar-refractivity contribution in [3.8, 4) is 5.69 Å². The highest BCUT2D eigenvalue weighted by Gasteiger charge is 2.09. The lowest BCUT2D eigenvalue weighted by Crippen LogP contribution is -2.37. The summed E-state index contributed by atoms with van der Waals surface area (Å²) in [5, 5.41) is 11.5. The molecule has 0 aliphatic rings. The Bertz CT molecular complexity index is 1010. The Labute approximate surface area is 209 Å². The number of aliphatic imine (C=N–C) groups is 1. The van der Waals surface area contributed by atoms with Gasteiger partial charge in [0, 0.05) is 25.3 Å². The molecule has 0 amide bonds. The topological polar surface area (TPSA) is 57.5 Å². The second-order valence-electron chi connectivity index (χ2n) is 8.07. The van der Waals surface area contributed by atoms with Crippen LogP contribution in [0.25, 0.3) is 5.69 Å². The van der Waals surface area contributed by atoms with Crippen LogP contribution in [-0.2, 0) is 19.6 Å². The lowest BCUT2D eigenvalue weighted by molar-refractivity contribution is 0.402. The van der Waals surface area contributed by atoms with Gasteiger partial charge in [-0.15, -0.1) is 24.0 Å². The molecule has 6 nitrogen and oxygen atoms in total. The van der Waals surface area contributed by atoms with E-state index in [1.54, 1.807) is 0 Å². The van der Waals surface area contributed by atoms with Crippen molar-refractivity contribution in [1.82, 2.24) is 25.3 Å². The third-order valence-corrected chi connectivity index (χ3v) is 4.96. The summed E-state index contributed by atoms with van der Waals surface area (Å²) in [5.74, 6) is 0.808. The first-order chi connectivity index (χ1) is 15.0. The Morgan fingerprint density at radius 3 is 2.31 bits per heavy atom. The molecule has 3 rings (SSSR count). The monoisotopic (exact) mass is 546 g/mol. The average Bonchev–Trinajstić information content (AvgIpc) is 3.08. The maximum Gasteiger partial charge on any atom is 0.191 e. The predicted molar refractivity (Wildman–Crippen MR) is 144 cm³/mol. The minimum atomic E-state index is 0. The first-order valence-electron chi connectivity index (χ1n) is 10.8. The highest BCUT2D eigenvalue weighted by molar-refractivity contribution is 14.0. The zero-order valence-corrected chi connectivity index (χ0v) is 22.1. The Morgan fingerprint density at radius 2 is 1.69 bits per heavy atom. The molecule has 0 fully saturated rings. The summed E-state index contributed by atoms with van der Waals surface area (Å²) >= 11 is 0. The van der Waals surface area contributed by atoms with Crippen LogP contribution in [0.15, 0.2) is 59.6 Å². The van der Waals surface area contributed by atoms with Gasteiger partial charge in [-0.05, 0) is 63.7 Å². The van der Waals surface area contributed by atoms with Gasteiger partial charge in [-0.3, -0.25) is 0 Å². The van der Waals surface area contributed by atoms with Crippen LogP contribution in [0.1, 0.15) is 35.0 Å². The lowest BCUT2D eigenvalue weighted by Gasteiger charge is -2.15. The number of halogens is 1. The quantitative estimate of drug-likeness (QED) is 0.250. The minimum Gasteiger partial charge on any atom is -0.357 e. The van der Waals surface area contributed by atoms with Crippen LogP contribution in [0.3, 0.4) is 0 Å². The molecule has 0 spiro atoms. The van der Waals surface area contributed by atoms with Crippen molar-refractivity contribution in [3.05, 3.63) is 82.7 Å². The van der Waals surface area contributed by atoms with Gasteiger partial charge in [-0.25, -0.2) is 9.67 Å². The second kappa shape index (κ2) is 12.6. The fraction of sp³-hybridized carbons (Fsp3) is 0.360. The number of hydrogen-bond acceptors (Lipinski definition) is 3. The SMILES string of the molecule is CCNC(=NCc1ccc(CN(C)C)cc1)NCc1ccccc1-n1nc(C)cc1C.I. The first-order valence-corrected chi connectivity index (χ1v) is 10.8. The number of para-hydroxylation sites is 1. The van der Waals surface area contributed by atoms with Gasteiger partial charge in [0.05, 0.1) is 17.9 Å².